The lowest BCUT2D eigenvalue weighted by atomic mass is 9.79. The van der Waals surface area contributed by atoms with Crippen molar-refractivity contribution in [3.63, 3.8) is 0 Å². The summed E-state index contributed by atoms with van der Waals surface area (Å²) in [5.41, 5.74) is -0.504. The largest absolute Gasteiger partial charge is 0.416 e. The van der Waals surface area contributed by atoms with Crippen molar-refractivity contribution in [2.24, 2.45) is 0 Å². The summed E-state index contributed by atoms with van der Waals surface area (Å²) in [5, 5.41) is 6.42. The number of halogens is 4. The molecule has 2 amide bonds. The van der Waals surface area contributed by atoms with Gasteiger partial charge in [0.05, 0.1) is 16.3 Å². The van der Waals surface area contributed by atoms with Crippen LogP contribution in [0.3, 0.4) is 0 Å². The molecule has 0 spiro atoms. The highest BCUT2D eigenvalue weighted by Crippen LogP contribution is 2.38. The minimum absolute atomic E-state index is 0.0337. The Bertz CT molecular complexity index is 1160. The quantitative estimate of drug-likeness (QED) is 0.390. The molecule has 0 saturated heterocycles. The normalized spacial score (nSPS) is 16.0. The Morgan fingerprint density at radius 3 is 2.40 bits per heavy atom. The lowest BCUT2D eigenvalue weighted by molar-refractivity contribution is -0.138. The van der Waals surface area contributed by atoms with E-state index < -0.39 is 23.3 Å². The third-order valence-corrected chi connectivity index (χ3v) is 6.75. The van der Waals surface area contributed by atoms with Gasteiger partial charge in [0.1, 0.15) is 5.54 Å². The average molecular weight is 502 g/mol. The number of amides is 2. The molecule has 2 N–H and O–H groups in total. The van der Waals surface area contributed by atoms with E-state index in [1.165, 1.54) is 19.2 Å². The van der Waals surface area contributed by atoms with Crippen molar-refractivity contribution in [3.05, 3.63) is 99.8 Å². The number of hydrogen-bond acceptors (Lipinski definition) is 2. The highest BCUT2D eigenvalue weighted by Gasteiger charge is 2.41. The van der Waals surface area contributed by atoms with Crippen LogP contribution < -0.4 is 10.6 Å². The number of nitrogens with one attached hydrogen (secondary N) is 2. The van der Waals surface area contributed by atoms with Crippen LogP contribution in [-0.4, -0.2) is 17.1 Å². The number of rotatable bonds is 6. The van der Waals surface area contributed by atoms with Gasteiger partial charge < -0.3 is 10.6 Å². The first-order valence-corrected chi connectivity index (χ1v) is 12.0. The lowest BCUT2D eigenvalue weighted by Gasteiger charge is -2.36. The van der Waals surface area contributed by atoms with Crippen molar-refractivity contribution in [3.8, 4) is 0 Å². The maximum Gasteiger partial charge on any atom is 0.416 e. The van der Waals surface area contributed by atoms with E-state index in [-0.39, 0.29) is 23.6 Å². The van der Waals surface area contributed by atoms with Gasteiger partial charge in [-0.3, -0.25) is 4.98 Å². The van der Waals surface area contributed by atoms with Gasteiger partial charge in [0.25, 0.3) is 0 Å². The number of benzene rings is 2. The summed E-state index contributed by atoms with van der Waals surface area (Å²) < 4.78 is 41.7. The maximum absolute atomic E-state index is 13.9. The van der Waals surface area contributed by atoms with Crippen LogP contribution in [-0.2, 0) is 18.1 Å². The summed E-state index contributed by atoms with van der Waals surface area (Å²) in [5.74, 6) is 0. The van der Waals surface area contributed by atoms with E-state index in [1.54, 1.807) is 18.2 Å². The molecule has 35 heavy (non-hydrogen) atoms. The Morgan fingerprint density at radius 2 is 1.77 bits per heavy atom. The molecule has 3 aromatic rings. The number of nitrogens with zero attached hydrogens (tertiary/aromatic N) is 1. The van der Waals surface area contributed by atoms with Crippen molar-refractivity contribution in [2.45, 2.75) is 56.8 Å². The fraction of sp³-hybridized carbons (Fsp3) is 0.333. The van der Waals surface area contributed by atoms with Gasteiger partial charge in [-0.05, 0) is 54.7 Å². The van der Waals surface area contributed by atoms with Crippen LogP contribution in [0.2, 0.25) is 5.02 Å². The number of carbonyl (C=O) groups excluding carboxylic acids is 1. The molecule has 1 aliphatic rings. The monoisotopic (exact) mass is 501 g/mol. The summed E-state index contributed by atoms with van der Waals surface area (Å²) in [6.07, 6.45) is 0.907. The molecule has 0 radical (unpaired) electrons. The fourth-order valence-corrected chi connectivity index (χ4v) is 4.84. The van der Waals surface area contributed by atoms with E-state index in [0.717, 1.165) is 37.3 Å². The van der Waals surface area contributed by atoms with Crippen LogP contribution in [0, 0.1) is 6.92 Å². The van der Waals surface area contributed by atoms with Crippen molar-refractivity contribution in [2.75, 3.05) is 0 Å². The minimum Gasteiger partial charge on any atom is -0.335 e. The van der Waals surface area contributed by atoms with Crippen molar-refractivity contribution in [1.82, 2.24) is 15.6 Å². The molecule has 1 atom stereocenters. The Kier molecular flexibility index (Phi) is 7.36. The van der Waals surface area contributed by atoms with Crippen LogP contribution in [0.4, 0.5) is 18.0 Å². The van der Waals surface area contributed by atoms with Gasteiger partial charge in [0, 0.05) is 18.7 Å². The van der Waals surface area contributed by atoms with E-state index in [2.05, 4.69) is 15.6 Å². The number of pyridine rings is 1. The standard InChI is InChI=1S/C27H27ClF3N3O/c1-18-11-12-20(15-23(18)27(29,30)31)26(16-19-7-3-2-4-8-19,24-14-13-21(28)17-32-24)34-25(35)33-22-9-5-6-10-22/h2-4,7-8,11-15,17,22H,5-6,9-10,16H2,1H3,(H2,33,34,35)/t26-/m0/s1. The van der Waals surface area contributed by atoms with E-state index in [0.29, 0.717) is 10.7 Å². The number of aromatic nitrogens is 1. The number of alkyl halides is 3. The Balaban J connectivity index is 1.88. The molecule has 1 aromatic heterocycles. The maximum atomic E-state index is 13.9. The van der Waals surface area contributed by atoms with Gasteiger partial charge in [-0.2, -0.15) is 13.2 Å². The molecular formula is C27H27ClF3N3O. The van der Waals surface area contributed by atoms with Crippen LogP contribution in [0.15, 0.2) is 66.9 Å². The van der Waals surface area contributed by atoms with Crippen LogP contribution in [0.5, 0.6) is 0 Å². The molecule has 0 bridgehead atoms. The second-order valence-electron chi connectivity index (χ2n) is 9.04. The molecular weight excluding hydrogens is 475 g/mol. The van der Waals surface area contributed by atoms with Gasteiger partial charge >= 0.3 is 12.2 Å². The molecule has 4 nitrogen and oxygen atoms in total. The highest BCUT2D eigenvalue weighted by atomic mass is 35.5. The number of carbonyl (C=O) groups is 1. The number of hydrogen-bond donors (Lipinski definition) is 2. The second kappa shape index (κ2) is 10.3. The highest BCUT2D eigenvalue weighted by molar-refractivity contribution is 6.30. The lowest BCUT2D eigenvalue weighted by Crippen LogP contribution is -2.54. The van der Waals surface area contributed by atoms with E-state index in [4.69, 9.17) is 11.6 Å². The third kappa shape index (κ3) is 5.78. The summed E-state index contributed by atoms with van der Waals surface area (Å²) in [4.78, 5) is 17.7. The predicted octanol–water partition coefficient (Wildman–Crippen LogP) is 6.79. The van der Waals surface area contributed by atoms with Crippen molar-refractivity contribution < 1.29 is 18.0 Å². The molecule has 1 heterocycles. The molecule has 8 heteroatoms. The van der Waals surface area contributed by atoms with Gasteiger partial charge in [-0.1, -0.05) is 66.9 Å². The SMILES string of the molecule is Cc1ccc([C@](Cc2ccccc2)(NC(=O)NC2CCCC2)c2ccc(Cl)cn2)cc1C(F)(F)F. The van der Waals surface area contributed by atoms with Crippen LogP contribution >= 0.6 is 11.6 Å². The van der Waals surface area contributed by atoms with Gasteiger partial charge in [-0.15, -0.1) is 0 Å². The van der Waals surface area contributed by atoms with Gasteiger partial charge in [0.2, 0.25) is 0 Å². The van der Waals surface area contributed by atoms with Gasteiger partial charge in [0.15, 0.2) is 0 Å². The van der Waals surface area contributed by atoms with Crippen LogP contribution in [0.25, 0.3) is 0 Å². The Hall–Kier alpha value is -3.06. The Morgan fingerprint density at radius 1 is 1.06 bits per heavy atom. The second-order valence-corrected chi connectivity index (χ2v) is 9.47. The first kappa shape index (κ1) is 25.0. The van der Waals surface area contributed by atoms with Crippen molar-refractivity contribution >= 4 is 17.6 Å². The predicted molar refractivity (Wildman–Crippen MR) is 130 cm³/mol. The molecule has 2 aromatic carbocycles. The topological polar surface area (TPSA) is 54.0 Å². The summed E-state index contributed by atoms with van der Waals surface area (Å²) >= 11 is 6.08. The van der Waals surface area contributed by atoms with E-state index in [1.807, 2.05) is 30.3 Å². The first-order chi connectivity index (χ1) is 16.7. The smallest absolute Gasteiger partial charge is 0.335 e. The van der Waals surface area contributed by atoms with Crippen molar-refractivity contribution in [1.29, 1.82) is 0 Å². The van der Waals surface area contributed by atoms with E-state index >= 15 is 0 Å². The number of aryl methyl sites for hydroxylation is 1. The summed E-state index contributed by atoms with van der Waals surface area (Å²) in [6, 6.07) is 16.3. The minimum atomic E-state index is -4.54. The van der Waals surface area contributed by atoms with E-state index in [9.17, 15) is 18.0 Å². The molecule has 1 fully saturated rings. The van der Waals surface area contributed by atoms with Crippen LogP contribution in [0.1, 0.15) is 53.6 Å². The molecule has 1 saturated carbocycles. The fourth-order valence-electron chi connectivity index (χ4n) is 4.73. The third-order valence-electron chi connectivity index (χ3n) is 6.53. The summed E-state index contributed by atoms with van der Waals surface area (Å²) in [6.45, 7) is 1.42. The number of urea groups is 1. The zero-order valence-electron chi connectivity index (χ0n) is 19.3. The van der Waals surface area contributed by atoms with Gasteiger partial charge in [-0.25, -0.2) is 4.79 Å². The Labute approximate surface area is 207 Å². The zero-order valence-corrected chi connectivity index (χ0v) is 20.1. The molecule has 184 valence electrons. The molecule has 0 aliphatic heterocycles. The molecule has 1 aliphatic carbocycles. The zero-order chi connectivity index (χ0) is 25.1. The summed E-state index contributed by atoms with van der Waals surface area (Å²) in [7, 11) is 0. The average Bonchev–Trinajstić information content (AvgIpc) is 3.32. The molecule has 0 unspecified atom stereocenters. The molecule has 4 rings (SSSR count). The first-order valence-electron chi connectivity index (χ1n) is 11.6.